The summed E-state index contributed by atoms with van der Waals surface area (Å²) < 4.78 is 0. The van der Waals surface area contributed by atoms with Gasteiger partial charge in [-0.3, -0.25) is 0 Å². The van der Waals surface area contributed by atoms with Crippen molar-refractivity contribution in [3.05, 3.63) is 48.6 Å². The smallest absolute Gasteiger partial charge is 0.0984 e. The van der Waals surface area contributed by atoms with Crippen LogP contribution in [0.4, 0.5) is 0 Å². The van der Waals surface area contributed by atoms with Gasteiger partial charge in [0.15, 0.2) is 0 Å². The van der Waals surface area contributed by atoms with Gasteiger partial charge in [-0.15, -0.1) is 0 Å². The topological polar surface area (TPSA) is 0 Å². The van der Waals surface area contributed by atoms with E-state index in [9.17, 15) is 0 Å². The molecule has 0 N–H and O–H groups in total. The maximum atomic E-state index is 3.69. The summed E-state index contributed by atoms with van der Waals surface area (Å²) in [4.78, 5) is 0. The van der Waals surface area contributed by atoms with Crippen LogP contribution in [0.25, 0.3) is 12.2 Å². The molecule has 0 aromatic heterocycles. The van der Waals surface area contributed by atoms with Gasteiger partial charge in [0.25, 0.3) is 0 Å². The van der Waals surface area contributed by atoms with Crippen LogP contribution in [-0.4, -0.2) is 0 Å². The Hall–Kier alpha value is 0.336. The summed E-state index contributed by atoms with van der Waals surface area (Å²) >= 11 is 0. The zero-order valence-corrected chi connectivity index (χ0v) is 10.0. The fraction of sp³-hybridized carbons (Fsp3) is 0. The first-order valence-corrected chi connectivity index (χ1v) is 3.22. The monoisotopic (exact) mass is 169 g/mol. The third-order valence-electron chi connectivity index (χ3n) is 1.44. The second kappa shape index (κ2) is 5.92. The Balaban J connectivity index is 0.000001000. The molecule has 0 bridgehead atoms. The second-order valence-corrected chi connectivity index (χ2v) is 2.04. The largest absolute Gasteiger partial charge is 1.00 e. The van der Waals surface area contributed by atoms with Gasteiger partial charge in [-0.25, -0.2) is 0 Å². The molecule has 50 valence electrons. The molecular formula is C10H10K+. The minimum atomic E-state index is 0. The molecule has 0 aliphatic carbocycles. The van der Waals surface area contributed by atoms with E-state index < -0.39 is 0 Å². The van der Waals surface area contributed by atoms with E-state index in [1.165, 1.54) is 0 Å². The molecule has 0 aliphatic rings. The average Bonchev–Trinajstić information content (AvgIpc) is 2.04. The minimum Gasteiger partial charge on any atom is -0.0984 e. The Labute approximate surface area is 110 Å². The predicted octanol–water partition coefficient (Wildman–Crippen LogP) is -0.0234. The van der Waals surface area contributed by atoms with Gasteiger partial charge in [0.1, 0.15) is 0 Å². The normalized spacial score (nSPS) is 8.00. The first-order chi connectivity index (χ1) is 4.88. The summed E-state index contributed by atoms with van der Waals surface area (Å²) in [5, 5.41) is 0. The fourth-order valence-electron chi connectivity index (χ4n) is 0.883. The molecule has 11 heavy (non-hydrogen) atoms. The third kappa shape index (κ3) is 3.05. The molecule has 0 saturated carbocycles. The van der Waals surface area contributed by atoms with E-state index in [0.717, 1.165) is 11.1 Å². The zero-order valence-electron chi connectivity index (χ0n) is 6.88. The Bertz CT molecular complexity index is 224. The van der Waals surface area contributed by atoms with Crippen LogP contribution in [0.3, 0.4) is 0 Å². The van der Waals surface area contributed by atoms with E-state index in [2.05, 4.69) is 13.2 Å². The first-order valence-electron chi connectivity index (χ1n) is 3.22. The van der Waals surface area contributed by atoms with Gasteiger partial charge in [0.2, 0.25) is 0 Å². The molecule has 0 unspecified atom stereocenters. The van der Waals surface area contributed by atoms with E-state index in [4.69, 9.17) is 0 Å². The van der Waals surface area contributed by atoms with Gasteiger partial charge in [-0.2, -0.15) is 0 Å². The van der Waals surface area contributed by atoms with Crippen LogP contribution in [0.5, 0.6) is 0 Å². The van der Waals surface area contributed by atoms with Crippen molar-refractivity contribution in [3.63, 3.8) is 0 Å². The van der Waals surface area contributed by atoms with Gasteiger partial charge >= 0.3 is 51.4 Å². The van der Waals surface area contributed by atoms with E-state index in [0.29, 0.717) is 0 Å². The van der Waals surface area contributed by atoms with Crippen LogP contribution >= 0.6 is 0 Å². The molecule has 0 radical (unpaired) electrons. The summed E-state index contributed by atoms with van der Waals surface area (Å²) in [5.41, 5.74) is 2.27. The maximum Gasteiger partial charge on any atom is 1.00 e. The van der Waals surface area contributed by atoms with Crippen molar-refractivity contribution >= 4 is 12.2 Å². The molecule has 0 saturated heterocycles. The van der Waals surface area contributed by atoms with Crippen molar-refractivity contribution in [2.24, 2.45) is 0 Å². The van der Waals surface area contributed by atoms with Crippen LogP contribution in [0.15, 0.2) is 37.4 Å². The van der Waals surface area contributed by atoms with Crippen LogP contribution in [0, 0.1) is 0 Å². The molecule has 1 aromatic rings. The summed E-state index contributed by atoms with van der Waals surface area (Å²) in [6.45, 7) is 7.38. The van der Waals surface area contributed by atoms with E-state index in [1.807, 2.05) is 36.4 Å². The molecule has 1 heteroatoms. The van der Waals surface area contributed by atoms with Crippen molar-refractivity contribution in [1.82, 2.24) is 0 Å². The van der Waals surface area contributed by atoms with E-state index in [1.54, 1.807) is 0 Å². The number of rotatable bonds is 2. The van der Waals surface area contributed by atoms with Gasteiger partial charge in [0.05, 0.1) is 0 Å². The van der Waals surface area contributed by atoms with Crippen molar-refractivity contribution in [1.29, 1.82) is 0 Å². The molecule has 0 nitrogen and oxygen atoms in total. The summed E-state index contributed by atoms with van der Waals surface area (Å²) in [5.74, 6) is 0. The van der Waals surface area contributed by atoms with E-state index in [-0.39, 0.29) is 51.4 Å². The Morgan fingerprint density at radius 2 is 1.27 bits per heavy atom. The standard InChI is InChI=1S/C10H10.K/c1-3-9-7-5-6-8-10(9)4-2;/h3-8H,1-2H2;/q;+1. The van der Waals surface area contributed by atoms with Crippen LogP contribution in [0.1, 0.15) is 11.1 Å². The Morgan fingerprint density at radius 1 is 0.909 bits per heavy atom. The fourth-order valence-corrected chi connectivity index (χ4v) is 0.883. The molecule has 1 rings (SSSR count). The predicted molar refractivity (Wildman–Crippen MR) is 46.6 cm³/mol. The SMILES string of the molecule is C=Cc1ccccc1C=C.[K+]. The Kier molecular flexibility index (Phi) is 6.10. The molecule has 0 atom stereocenters. The minimum absolute atomic E-state index is 0. The van der Waals surface area contributed by atoms with Crippen molar-refractivity contribution < 1.29 is 51.4 Å². The molecular weight excluding hydrogens is 159 g/mol. The molecule has 0 amide bonds. The summed E-state index contributed by atoms with van der Waals surface area (Å²) in [7, 11) is 0. The third-order valence-corrected chi connectivity index (χ3v) is 1.44. The van der Waals surface area contributed by atoms with Gasteiger partial charge in [0, 0.05) is 0 Å². The molecule has 0 fully saturated rings. The van der Waals surface area contributed by atoms with Crippen molar-refractivity contribution in [2.75, 3.05) is 0 Å². The van der Waals surface area contributed by atoms with Crippen LogP contribution in [-0.2, 0) is 0 Å². The molecule has 0 aliphatic heterocycles. The van der Waals surface area contributed by atoms with E-state index >= 15 is 0 Å². The molecule has 1 aromatic carbocycles. The Morgan fingerprint density at radius 3 is 1.55 bits per heavy atom. The quantitative estimate of drug-likeness (QED) is 0.546. The van der Waals surface area contributed by atoms with Crippen LogP contribution in [0.2, 0.25) is 0 Å². The average molecular weight is 169 g/mol. The summed E-state index contributed by atoms with van der Waals surface area (Å²) in [6.07, 6.45) is 3.66. The first kappa shape index (κ1) is 11.3. The van der Waals surface area contributed by atoms with Gasteiger partial charge < -0.3 is 0 Å². The molecule has 0 spiro atoms. The number of hydrogen-bond donors (Lipinski definition) is 0. The number of hydrogen-bond acceptors (Lipinski definition) is 0. The molecule has 0 heterocycles. The van der Waals surface area contributed by atoms with Crippen LogP contribution < -0.4 is 51.4 Å². The summed E-state index contributed by atoms with van der Waals surface area (Å²) in [6, 6.07) is 8.02. The maximum absolute atomic E-state index is 3.69. The van der Waals surface area contributed by atoms with Crippen molar-refractivity contribution in [3.8, 4) is 0 Å². The van der Waals surface area contributed by atoms with Crippen molar-refractivity contribution in [2.45, 2.75) is 0 Å². The van der Waals surface area contributed by atoms with Gasteiger partial charge in [-0.1, -0.05) is 49.6 Å². The second-order valence-electron chi connectivity index (χ2n) is 2.04. The number of benzene rings is 1. The van der Waals surface area contributed by atoms with Gasteiger partial charge in [-0.05, 0) is 11.1 Å². The zero-order chi connectivity index (χ0) is 7.40.